The first-order chi connectivity index (χ1) is 13.5. The lowest BCUT2D eigenvalue weighted by atomic mass is 10.1. The van der Waals surface area contributed by atoms with Crippen LogP contribution < -0.4 is 5.32 Å². The predicted molar refractivity (Wildman–Crippen MR) is 102 cm³/mol. The molecule has 0 aliphatic heterocycles. The molecule has 3 aromatic rings. The molecule has 0 fully saturated rings. The fourth-order valence-electron chi connectivity index (χ4n) is 2.61. The molecule has 1 amide bonds. The molecule has 0 radical (unpaired) electrons. The maximum atomic E-state index is 13.0. The van der Waals surface area contributed by atoms with E-state index in [0.717, 1.165) is 5.56 Å². The molecule has 1 atom stereocenters. The second-order valence-corrected chi connectivity index (χ2v) is 6.24. The fraction of sp³-hybridized carbons (Fsp3) is 0.182. The van der Waals surface area contributed by atoms with Crippen LogP contribution >= 0.6 is 0 Å². The van der Waals surface area contributed by atoms with Gasteiger partial charge in [-0.1, -0.05) is 30.3 Å². The number of esters is 1. The van der Waals surface area contributed by atoms with Gasteiger partial charge >= 0.3 is 5.97 Å². The number of rotatable bonds is 7. The summed E-state index contributed by atoms with van der Waals surface area (Å²) in [6.45, 7) is 1.94. The number of nitrogens with one attached hydrogen (secondary N) is 1. The zero-order valence-electron chi connectivity index (χ0n) is 15.4. The number of hydrogen-bond donors (Lipinski definition) is 1. The van der Waals surface area contributed by atoms with E-state index in [9.17, 15) is 14.0 Å². The van der Waals surface area contributed by atoms with Gasteiger partial charge in [-0.2, -0.15) is 0 Å². The minimum Gasteiger partial charge on any atom is -0.449 e. The normalized spacial score (nSPS) is 11.6. The van der Waals surface area contributed by atoms with Crippen LogP contribution in [0, 0.1) is 5.82 Å². The van der Waals surface area contributed by atoms with Crippen molar-refractivity contribution in [3.63, 3.8) is 0 Å². The van der Waals surface area contributed by atoms with Crippen molar-refractivity contribution in [2.45, 2.75) is 19.4 Å². The van der Waals surface area contributed by atoms with Crippen LogP contribution in [0.1, 0.15) is 23.0 Å². The molecule has 3 rings (SSSR count). The Balaban J connectivity index is 1.51. The first-order valence-corrected chi connectivity index (χ1v) is 8.91. The summed E-state index contributed by atoms with van der Waals surface area (Å²) in [6, 6.07) is 18.5. The highest BCUT2D eigenvalue weighted by Gasteiger charge is 2.21. The van der Waals surface area contributed by atoms with E-state index in [1.54, 1.807) is 18.2 Å². The van der Waals surface area contributed by atoms with Crippen molar-refractivity contribution in [1.29, 1.82) is 0 Å². The lowest BCUT2D eigenvalue weighted by Gasteiger charge is -2.12. The third-order valence-electron chi connectivity index (χ3n) is 4.14. The molecule has 28 heavy (non-hydrogen) atoms. The standard InChI is InChI=1S/C22H20FNO4/c1-15(21(25)24-14-13-16-5-3-2-4-6-16)27-22(26)20-12-11-19(28-20)17-7-9-18(23)10-8-17/h2-12,15H,13-14H2,1H3,(H,24,25)/t15-/m1/s1. The molecule has 5 nitrogen and oxygen atoms in total. The van der Waals surface area contributed by atoms with E-state index in [1.165, 1.54) is 25.1 Å². The first kappa shape index (κ1) is 19.4. The monoisotopic (exact) mass is 381 g/mol. The van der Waals surface area contributed by atoms with Crippen LogP contribution in [0.4, 0.5) is 4.39 Å². The Bertz CT molecular complexity index is 935. The molecule has 0 saturated carbocycles. The van der Waals surface area contributed by atoms with Gasteiger partial charge in [0.05, 0.1) is 0 Å². The Hall–Kier alpha value is -3.41. The van der Waals surface area contributed by atoms with Gasteiger partial charge in [0.25, 0.3) is 5.91 Å². The van der Waals surface area contributed by atoms with Crippen LogP contribution in [0.5, 0.6) is 0 Å². The Labute approximate surface area is 162 Å². The smallest absolute Gasteiger partial charge is 0.375 e. The van der Waals surface area contributed by atoms with E-state index in [2.05, 4.69) is 5.32 Å². The van der Waals surface area contributed by atoms with Crippen LogP contribution in [0.15, 0.2) is 71.1 Å². The maximum Gasteiger partial charge on any atom is 0.375 e. The largest absolute Gasteiger partial charge is 0.449 e. The average Bonchev–Trinajstić information content (AvgIpc) is 3.19. The molecule has 1 heterocycles. The summed E-state index contributed by atoms with van der Waals surface area (Å²) in [5.74, 6) is -1.09. The number of hydrogen-bond acceptors (Lipinski definition) is 4. The highest BCUT2D eigenvalue weighted by atomic mass is 19.1. The topological polar surface area (TPSA) is 68.5 Å². The van der Waals surface area contributed by atoms with Gasteiger partial charge in [-0.05, 0) is 55.3 Å². The van der Waals surface area contributed by atoms with E-state index >= 15 is 0 Å². The Kier molecular flexibility index (Phi) is 6.22. The summed E-state index contributed by atoms with van der Waals surface area (Å²) in [7, 11) is 0. The minimum absolute atomic E-state index is 0.0248. The van der Waals surface area contributed by atoms with E-state index in [-0.39, 0.29) is 17.5 Å². The van der Waals surface area contributed by atoms with Crippen molar-refractivity contribution >= 4 is 11.9 Å². The van der Waals surface area contributed by atoms with Crippen molar-refractivity contribution in [1.82, 2.24) is 5.32 Å². The van der Waals surface area contributed by atoms with Crippen molar-refractivity contribution in [3.05, 3.63) is 83.9 Å². The van der Waals surface area contributed by atoms with Gasteiger partial charge in [0.2, 0.25) is 5.76 Å². The average molecular weight is 381 g/mol. The number of amides is 1. The van der Waals surface area contributed by atoms with Crippen LogP contribution in [-0.4, -0.2) is 24.5 Å². The molecule has 0 aliphatic rings. The summed E-state index contributed by atoms with van der Waals surface area (Å²) in [4.78, 5) is 24.3. The second-order valence-electron chi connectivity index (χ2n) is 6.24. The van der Waals surface area contributed by atoms with Crippen LogP contribution in [0.2, 0.25) is 0 Å². The molecule has 0 aliphatic carbocycles. The molecule has 6 heteroatoms. The van der Waals surface area contributed by atoms with Gasteiger partial charge in [0, 0.05) is 12.1 Å². The molecule has 0 bridgehead atoms. The SMILES string of the molecule is C[C@@H](OC(=O)c1ccc(-c2ccc(F)cc2)o1)C(=O)NCCc1ccccc1. The Morgan fingerprint density at radius 3 is 2.46 bits per heavy atom. The third kappa shape index (κ3) is 5.07. The molecular formula is C22H20FNO4. The minimum atomic E-state index is -0.956. The van der Waals surface area contributed by atoms with Gasteiger partial charge in [0.15, 0.2) is 6.10 Å². The zero-order chi connectivity index (χ0) is 19.9. The van der Waals surface area contributed by atoms with Gasteiger partial charge in [-0.15, -0.1) is 0 Å². The quantitative estimate of drug-likeness (QED) is 0.629. The number of furan rings is 1. The number of halogens is 1. The first-order valence-electron chi connectivity index (χ1n) is 8.91. The fourth-order valence-corrected chi connectivity index (χ4v) is 2.61. The molecule has 0 spiro atoms. The zero-order valence-corrected chi connectivity index (χ0v) is 15.4. The maximum absolute atomic E-state index is 13.0. The van der Waals surface area contributed by atoms with Gasteiger partial charge < -0.3 is 14.5 Å². The highest BCUT2D eigenvalue weighted by Crippen LogP contribution is 2.23. The number of carbonyl (C=O) groups is 2. The number of carbonyl (C=O) groups excluding carboxylic acids is 2. The summed E-state index contributed by atoms with van der Waals surface area (Å²) in [5.41, 5.74) is 1.74. The number of benzene rings is 2. The summed E-state index contributed by atoms with van der Waals surface area (Å²) >= 11 is 0. The van der Waals surface area contributed by atoms with Crippen LogP contribution in [0.3, 0.4) is 0 Å². The predicted octanol–water partition coefficient (Wildman–Crippen LogP) is 3.99. The van der Waals surface area contributed by atoms with E-state index in [4.69, 9.17) is 9.15 Å². The third-order valence-corrected chi connectivity index (χ3v) is 4.14. The summed E-state index contributed by atoms with van der Waals surface area (Å²) in [6.07, 6.45) is -0.269. The Morgan fingerprint density at radius 1 is 1.04 bits per heavy atom. The van der Waals surface area contributed by atoms with Gasteiger partial charge in [-0.3, -0.25) is 4.79 Å². The molecule has 2 aromatic carbocycles. The molecule has 1 aromatic heterocycles. The molecule has 1 N–H and O–H groups in total. The highest BCUT2D eigenvalue weighted by molar-refractivity contribution is 5.90. The van der Waals surface area contributed by atoms with E-state index in [0.29, 0.717) is 24.3 Å². The van der Waals surface area contributed by atoms with Crippen molar-refractivity contribution < 1.29 is 23.1 Å². The summed E-state index contributed by atoms with van der Waals surface area (Å²) < 4.78 is 23.6. The molecular weight excluding hydrogens is 361 g/mol. The van der Waals surface area contributed by atoms with E-state index < -0.39 is 12.1 Å². The lowest BCUT2D eigenvalue weighted by Crippen LogP contribution is -2.36. The van der Waals surface area contributed by atoms with Crippen LogP contribution in [-0.2, 0) is 16.0 Å². The van der Waals surface area contributed by atoms with Gasteiger partial charge in [0.1, 0.15) is 11.6 Å². The van der Waals surface area contributed by atoms with Crippen molar-refractivity contribution in [3.8, 4) is 11.3 Å². The second kappa shape index (κ2) is 8.99. The van der Waals surface area contributed by atoms with Crippen molar-refractivity contribution in [2.24, 2.45) is 0 Å². The molecule has 0 saturated heterocycles. The Morgan fingerprint density at radius 2 is 1.75 bits per heavy atom. The van der Waals surface area contributed by atoms with Gasteiger partial charge in [-0.25, -0.2) is 9.18 Å². The summed E-state index contributed by atoms with van der Waals surface area (Å²) in [5, 5.41) is 2.74. The molecule has 0 unspecified atom stereocenters. The lowest BCUT2D eigenvalue weighted by molar-refractivity contribution is -0.129. The van der Waals surface area contributed by atoms with Crippen LogP contribution in [0.25, 0.3) is 11.3 Å². The number of ether oxygens (including phenoxy) is 1. The molecule has 144 valence electrons. The van der Waals surface area contributed by atoms with E-state index in [1.807, 2.05) is 30.3 Å². The van der Waals surface area contributed by atoms with Crippen molar-refractivity contribution in [2.75, 3.05) is 6.54 Å².